The van der Waals surface area contributed by atoms with Crippen LogP contribution < -0.4 is 5.32 Å². The molecule has 2 amide bonds. The topological polar surface area (TPSA) is 49.4 Å². The number of hydrogen-bond donors (Lipinski definition) is 1. The molecule has 144 valence electrons. The van der Waals surface area contributed by atoms with Crippen LogP contribution in [0.3, 0.4) is 0 Å². The number of hydrogen-bond acceptors (Lipinski definition) is 2. The number of benzene rings is 2. The summed E-state index contributed by atoms with van der Waals surface area (Å²) in [7, 11) is 0. The van der Waals surface area contributed by atoms with E-state index in [1.54, 1.807) is 11.8 Å². The quantitative estimate of drug-likeness (QED) is 0.677. The van der Waals surface area contributed by atoms with Gasteiger partial charge in [0.1, 0.15) is 6.04 Å². The van der Waals surface area contributed by atoms with Crippen molar-refractivity contribution in [3.63, 3.8) is 0 Å². The van der Waals surface area contributed by atoms with Crippen molar-refractivity contribution in [2.24, 2.45) is 0 Å². The fourth-order valence-electron chi connectivity index (χ4n) is 2.86. The van der Waals surface area contributed by atoms with Crippen LogP contribution >= 0.6 is 15.9 Å². The van der Waals surface area contributed by atoms with E-state index in [4.69, 9.17) is 0 Å². The van der Waals surface area contributed by atoms with E-state index in [9.17, 15) is 9.59 Å². The molecule has 2 aromatic carbocycles. The highest BCUT2D eigenvalue weighted by molar-refractivity contribution is 9.10. The maximum absolute atomic E-state index is 13.0. The molecule has 2 rings (SSSR count). The predicted octanol–water partition coefficient (Wildman–Crippen LogP) is 4.32. The third-order valence-corrected chi connectivity index (χ3v) is 4.80. The minimum Gasteiger partial charge on any atom is -0.352 e. The van der Waals surface area contributed by atoms with Gasteiger partial charge in [-0.1, -0.05) is 58.4 Å². The maximum Gasteiger partial charge on any atom is 0.242 e. The first kappa shape index (κ1) is 21.2. The number of aryl methyl sites for hydroxylation is 1. The Morgan fingerprint density at radius 2 is 1.67 bits per heavy atom. The van der Waals surface area contributed by atoms with Crippen LogP contribution in [0.1, 0.15) is 38.3 Å². The summed E-state index contributed by atoms with van der Waals surface area (Å²) < 4.78 is 0.955. The molecule has 4 nitrogen and oxygen atoms in total. The van der Waals surface area contributed by atoms with Crippen LogP contribution in [0.4, 0.5) is 0 Å². The van der Waals surface area contributed by atoms with E-state index in [0.29, 0.717) is 19.4 Å². The van der Waals surface area contributed by atoms with Crippen LogP contribution in [-0.2, 0) is 22.6 Å². The van der Waals surface area contributed by atoms with Crippen molar-refractivity contribution in [1.29, 1.82) is 0 Å². The van der Waals surface area contributed by atoms with Crippen molar-refractivity contribution < 1.29 is 9.59 Å². The Hall–Kier alpha value is -2.14. The van der Waals surface area contributed by atoms with Gasteiger partial charge in [0.05, 0.1) is 0 Å². The first-order valence-electron chi connectivity index (χ1n) is 9.25. The highest BCUT2D eigenvalue weighted by Gasteiger charge is 2.26. The maximum atomic E-state index is 13.0. The van der Waals surface area contributed by atoms with E-state index in [1.807, 2.05) is 68.4 Å². The number of rotatable bonds is 8. The van der Waals surface area contributed by atoms with Crippen LogP contribution in [-0.4, -0.2) is 28.8 Å². The molecule has 27 heavy (non-hydrogen) atoms. The standard InChI is InChI=1S/C22H27BrN2O2/c1-16(2)24-22(27)17(3)25(15-19-10-7-11-20(23)14-19)21(26)13-12-18-8-5-4-6-9-18/h4-11,14,16-17H,12-13,15H2,1-3H3,(H,24,27)/t17-/m0/s1. The Balaban J connectivity index is 2.14. The van der Waals surface area contributed by atoms with E-state index in [0.717, 1.165) is 15.6 Å². The van der Waals surface area contributed by atoms with Crippen molar-refractivity contribution in [2.75, 3.05) is 0 Å². The predicted molar refractivity (Wildman–Crippen MR) is 112 cm³/mol. The molecule has 0 saturated heterocycles. The molecule has 0 fully saturated rings. The minimum atomic E-state index is -0.533. The summed E-state index contributed by atoms with van der Waals surface area (Å²) >= 11 is 3.47. The average molecular weight is 431 g/mol. The first-order chi connectivity index (χ1) is 12.9. The van der Waals surface area contributed by atoms with Gasteiger partial charge in [-0.05, 0) is 50.5 Å². The number of carbonyl (C=O) groups is 2. The summed E-state index contributed by atoms with van der Waals surface area (Å²) in [6.45, 7) is 6.02. The van der Waals surface area contributed by atoms with Gasteiger partial charge >= 0.3 is 0 Å². The van der Waals surface area contributed by atoms with Crippen molar-refractivity contribution in [1.82, 2.24) is 10.2 Å². The molecule has 0 bridgehead atoms. The lowest BCUT2D eigenvalue weighted by molar-refractivity contribution is -0.140. The molecule has 0 aliphatic rings. The molecule has 1 atom stereocenters. The summed E-state index contributed by atoms with van der Waals surface area (Å²) in [5, 5.41) is 2.91. The van der Waals surface area contributed by atoms with Gasteiger partial charge < -0.3 is 10.2 Å². The van der Waals surface area contributed by atoms with Gasteiger partial charge in [0, 0.05) is 23.5 Å². The number of carbonyl (C=O) groups excluding carboxylic acids is 2. The zero-order chi connectivity index (χ0) is 19.8. The molecular weight excluding hydrogens is 404 g/mol. The summed E-state index contributed by atoms with van der Waals surface area (Å²) in [6, 6.07) is 17.3. The lowest BCUT2D eigenvalue weighted by atomic mass is 10.1. The molecule has 0 spiro atoms. The van der Waals surface area contributed by atoms with E-state index in [-0.39, 0.29) is 17.9 Å². The Bertz CT molecular complexity index is 762. The first-order valence-corrected chi connectivity index (χ1v) is 10.0. The number of halogens is 1. The Kier molecular flexibility index (Phi) is 8.04. The van der Waals surface area contributed by atoms with Crippen LogP contribution in [0.5, 0.6) is 0 Å². The molecule has 1 N–H and O–H groups in total. The minimum absolute atomic E-state index is 0.0229. The molecule has 0 saturated carbocycles. The number of nitrogens with zero attached hydrogens (tertiary/aromatic N) is 1. The molecule has 0 aliphatic heterocycles. The molecule has 2 aromatic rings. The Morgan fingerprint density at radius 1 is 1.00 bits per heavy atom. The van der Waals surface area contributed by atoms with Gasteiger partial charge in [-0.25, -0.2) is 0 Å². The largest absolute Gasteiger partial charge is 0.352 e. The monoisotopic (exact) mass is 430 g/mol. The third-order valence-electron chi connectivity index (χ3n) is 4.31. The molecule has 5 heteroatoms. The summed E-state index contributed by atoms with van der Waals surface area (Å²) in [6.07, 6.45) is 1.03. The molecular formula is C22H27BrN2O2. The number of nitrogens with one attached hydrogen (secondary N) is 1. The average Bonchev–Trinajstić information content (AvgIpc) is 2.64. The van der Waals surface area contributed by atoms with E-state index < -0.39 is 6.04 Å². The molecule has 0 aromatic heterocycles. The van der Waals surface area contributed by atoms with Crippen LogP contribution in [0.2, 0.25) is 0 Å². The van der Waals surface area contributed by atoms with E-state index in [2.05, 4.69) is 21.2 Å². The van der Waals surface area contributed by atoms with Gasteiger partial charge in [-0.3, -0.25) is 9.59 Å². The smallest absolute Gasteiger partial charge is 0.242 e. The van der Waals surface area contributed by atoms with Crippen LogP contribution in [0, 0.1) is 0 Å². The van der Waals surface area contributed by atoms with E-state index in [1.165, 1.54) is 0 Å². The Morgan fingerprint density at radius 3 is 2.30 bits per heavy atom. The highest BCUT2D eigenvalue weighted by atomic mass is 79.9. The fourth-order valence-corrected chi connectivity index (χ4v) is 3.31. The molecule has 0 aliphatic carbocycles. The lowest BCUT2D eigenvalue weighted by Gasteiger charge is -2.29. The van der Waals surface area contributed by atoms with Gasteiger partial charge in [0.25, 0.3) is 0 Å². The lowest BCUT2D eigenvalue weighted by Crippen LogP contribution is -2.49. The summed E-state index contributed by atoms with van der Waals surface area (Å²) in [4.78, 5) is 27.2. The van der Waals surface area contributed by atoms with Gasteiger partial charge in [-0.2, -0.15) is 0 Å². The van der Waals surface area contributed by atoms with Gasteiger partial charge in [0.15, 0.2) is 0 Å². The zero-order valence-corrected chi connectivity index (χ0v) is 17.7. The van der Waals surface area contributed by atoms with Crippen molar-refractivity contribution in [3.8, 4) is 0 Å². The second-order valence-electron chi connectivity index (χ2n) is 6.98. The second kappa shape index (κ2) is 10.3. The molecule has 0 heterocycles. The highest BCUT2D eigenvalue weighted by Crippen LogP contribution is 2.17. The van der Waals surface area contributed by atoms with Crippen molar-refractivity contribution in [2.45, 2.75) is 52.2 Å². The summed E-state index contributed by atoms with van der Waals surface area (Å²) in [5.41, 5.74) is 2.11. The van der Waals surface area contributed by atoms with Gasteiger partial charge in [-0.15, -0.1) is 0 Å². The third kappa shape index (κ3) is 6.83. The molecule has 0 unspecified atom stereocenters. The van der Waals surface area contributed by atoms with Crippen molar-refractivity contribution >= 4 is 27.7 Å². The van der Waals surface area contributed by atoms with E-state index >= 15 is 0 Å². The van der Waals surface area contributed by atoms with Crippen molar-refractivity contribution in [3.05, 3.63) is 70.2 Å². The fraction of sp³-hybridized carbons (Fsp3) is 0.364. The van der Waals surface area contributed by atoms with Gasteiger partial charge in [0.2, 0.25) is 11.8 Å². The second-order valence-corrected chi connectivity index (χ2v) is 7.89. The summed E-state index contributed by atoms with van der Waals surface area (Å²) in [5.74, 6) is -0.154. The molecule has 0 radical (unpaired) electrons. The number of amides is 2. The normalized spacial score (nSPS) is 11.9. The van der Waals surface area contributed by atoms with Crippen LogP contribution in [0.25, 0.3) is 0 Å². The zero-order valence-electron chi connectivity index (χ0n) is 16.1. The van der Waals surface area contributed by atoms with Crippen LogP contribution in [0.15, 0.2) is 59.1 Å². The Labute approximate surface area is 170 Å². The SMILES string of the molecule is CC(C)NC(=O)[C@H](C)N(Cc1cccc(Br)c1)C(=O)CCc1ccccc1.